The molecule has 1 aliphatic heterocycles. The van der Waals surface area contributed by atoms with Crippen LogP contribution in [0.3, 0.4) is 0 Å². The van der Waals surface area contributed by atoms with E-state index in [0.717, 1.165) is 67.8 Å². The first-order chi connectivity index (χ1) is 14.6. The van der Waals surface area contributed by atoms with Crippen molar-refractivity contribution in [2.75, 3.05) is 31.1 Å². The van der Waals surface area contributed by atoms with Crippen molar-refractivity contribution in [3.05, 3.63) is 16.8 Å². The fraction of sp³-hybridized carbons (Fsp3) is 0.708. The van der Waals surface area contributed by atoms with Gasteiger partial charge in [-0.2, -0.15) is 0 Å². The number of hydrogen-bond acceptors (Lipinski definition) is 5. The van der Waals surface area contributed by atoms with Crippen LogP contribution in [0.1, 0.15) is 69.5 Å². The van der Waals surface area contributed by atoms with Crippen LogP contribution in [0, 0.1) is 18.8 Å². The Labute approximate surface area is 184 Å². The Morgan fingerprint density at radius 3 is 2.50 bits per heavy atom. The van der Waals surface area contributed by atoms with E-state index in [2.05, 4.69) is 34.7 Å². The molecule has 3 heterocycles. The number of thiophene rings is 1. The van der Waals surface area contributed by atoms with E-state index in [0.29, 0.717) is 5.91 Å². The number of rotatable bonds is 6. The number of aryl methyl sites for hydroxylation is 2. The molecule has 1 amide bonds. The molecule has 0 aromatic carbocycles. The molecule has 0 atom stereocenters. The molecular weight excluding hydrogens is 392 g/mol. The molecule has 1 saturated carbocycles. The van der Waals surface area contributed by atoms with Crippen LogP contribution in [0.15, 0.2) is 6.07 Å². The van der Waals surface area contributed by atoms with Crippen LogP contribution in [-0.4, -0.2) is 47.0 Å². The molecule has 4 rings (SSSR count). The van der Waals surface area contributed by atoms with E-state index in [4.69, 9.17) is 4.98 Å². The first-order valence-corrected chi connectivity index (χ1v) is 12.7. The Morgan fingerprint density at radius 1 is 1.10 bits per heavy atom. The summed E-state index contributed by atoms with van der Waals surface area (Å²) in [6.07, 6.45) is 9.67. The van der Waals surface area contributed by atoms with E-state index in [-0.39, 0.29) is 5.92 Å². The number of anilines is 1. The smallest absolute Gasteiger partial charge is 0.225 e. The van der Waals surface area contributed by atoms with Gasteiger partial charge in [0.2, 0.25) is 5.91 Å². The zero-order valence-corrected chi connectivity index (χ0v) is 19.6. The molecule has 2 aromatic rings. The summed E-state index contributed by atoms with van der Waals surface area (Å²) in [5.74, 6) is 3.40. The van der Waals surface area contributed by atoms with E-state index in [1.807, 2.05) is 6.92 Å². The van der Waals surface area contributed by atoms with E-state index in [1.54, 1.807) is 11.3 Å². The van der Waals surface area contributed by atoms with E-state index >= 15 is 0 Å². The fourth-order valence-electron chi connectivity index (χ4n) is 5.06. The lowest BCUT2D eigenvalue weighted by atomic mass is 9.79. The average Bonchev–Trinajstić information content (AvgIpc) is 3.20. The number of amides is 1. The molecule has 0 unspecified atom stereocenters. The van der Waals surface area contributed by atoms with Crippen molar-refractivity contribution in [2.45, 2.75) is 72.1 Å². The summed E-state index contributed by atoms with van der Waals surface area (Å²) in [6, 6.07) is 2.25. The maximum absolute atomic E-state index is 13.1. The zero-order chi connectivity index (χ0) is 21.1. The number of aromatic nitrogens is 2. The Hall–Kier alpha value is -1.69. The van der Waals surface area contributed by atoms with Gasteiger partial charge >= 0.3 is 0 Å². The molecule has 0 radical (unpaired) electrons. The average molecular weight is 429 g/mol. The first kappa shape index (κ1) is 21.5. The highest BCUT2D eigenvalue weighted by atomic mass is 32.1. The lowest BCUT2D eigenvalue weighted by Gasteiger charge is -2.38. The Bertz CT molecular complexity index is 863. The quantitative estimate of drug-likeness (QED) is 0.634. The molecule has 0 spiro atoms. The summed E-state index contributed by atoms with van der Waals surface area (Å²) < 4.78 is 0. The van der Waals surface area contributed by atoms with Gasteiger partial charge in [0, 0.05) is 37.0 Å². The molecular formula is C24H36N4OS. The van der Waals surface area contributed by atoms with Crippen molar-refractivity contribution >= 4 is 33.3 Å². The molecule has 2 aromatic heterocycles. The fourth-order valence-corrected chi connectivity index (χ4v) is 6.07. The van der Waals surface area contributed by atoms with Gasteiger partial charge in [0.05, 0.1) is 5.39 Å². The molecule has 6 heteroatoms. The highest BCUT2D eigenvalue weighted by Crippen LogP contribution is 2.34. The molecule has 0 bridgehead atoms. The van der Waals surface area contributed by atoms with Gasteiger partial charge in [-0.15, -0.1) is 11.3 Å². The van der Waals surface area contributed by atoms with Gasteiger partial charge in [-0.1, -0.05) is 33.1 Å². The van der Waals surface area contributed by atoms with Crippen LogP contribution < -0.4 is 4.90 Å². The normalized spacial score (nSPS) is 22.6. The molecule has 5 nitrogen and oxygen atoms in total. The zero-order valence-electron chi connectivity index (χ0n) is 18.8. The Morgan fingerprint density at radius 2 is 1.83 bits per heavy atom. The second-order valence-electron chi connectivity index (χ2n) is 9.05. The van der Waals surface area contributed by atoms with Gasteiger partial charge < -0.3 is 9.80 Å². The topological polar surface area (TPSA) is 49.3 Å². The van der Waals surface area contributed by atoms with Crippen LogP contribution >= 0.6 is 11.3 Å². The summed E-state index contributed by atoms with van der Waals surface area (Å²) in [6.45, 7) is 9.77. The second-order valence-corrected chi connectivity index (χ2v) is 10.2. The summed E-state index contributed by atoms with van der Waals surface area (Å²) in [5.41, 5.74) is 0. The minimum absolute atomic E-state index is 0.256. The number of carbonyl (C=O) groups is 1. The largest absolute Gasteiger partial charge is 0.352 e. The van der Waals surface area contributed by atoms with Gasteiger partial charge in [-0.3, -0.25) is 4.79 Å². The third-order valence-corrected chi connectivity index (χ3v) is 8.11. The highest BCUT2D eigenvalue weighted by molar-refractivity contribution is 7.18. The van der Waals surface area contributed by atoms with Crippen molar-refractivity contribution < 1.29 is 4.79 Å². The summed E-state index contributed by atoms with van der Waals surface area (Å²) >= 11 is 1.78. The first-order valence-electron chi connectivity index (χ1n) is 11.9. The van der Waals surface area contributed by atoms with Crippen LogP contribution in [0.25, 0.3) is 10.2 Å². The monoisotopic (exact) mass is 428 g/mol. The molecule has 2 aliphatic rings. The summed E-state index contributed by atoms with van der Waals surface area (Å²) in [5, 5.41) is 1.17. The van der Waals surface area contributed by atoms with Gasteiger partial charge in [-0.25, -0.2) is 9.97 Å². The number of fused-ring (bicyclic) bond motifs is 1. The van der Waals surface area contributed by atoms with E-state index in [1.165, 1.54) is 42.4 Å². The summed E-state index contributed by atoms with van der Waals surface area (Å²) in [7, 11) is 0. The van der Waals surface area contributed by atoms with Crippen molar-refractivity contribution in [3.8, 4) is 0 Å². The minimum atomic E-state index is 0.256. The Balaban J connectivity index is 1.36. The van der Waals surface area contributed by atoms with Gasteiger partial charge in [-0.05, 0) is 51.0 Å². The molecule has 2 fully saturated rings. The molecule has 1 aliphatic carbocycles. The number of piperazine rings is 1. The van der Waals surface area contributed by atoms with Crippen molar-refractivity contribution in [3.63, 3.8) is 0 Å². The SMILES string of the molecule is CCCCC1CCC(C(=O)N2CCN(c3nc(C)nc4sc(CC)cc34)CC2)CC1. The Kier molecular flexibility index (Phi) is 6.91. The van der Waals surface area contributed by atoms with Crippen molar-refractivity contribution in [2.24, 2.45) is 11.8 Å². The maximum Gasteiger partial charge on any atom is 0.225 e. The van der Waals surface area contributed by atoms with E-state index < -0.39 is 0 Å². The lowest BCUT2D eigenvalue weighted by molar-refractivity contribution is -0.137. The standard InChI is InChI=1S/C24H36N4OS/c1-4-6-7-18-8-10-19(11-9-18)24(29)28-14-12-27(13-15-28)22-21-16-20(5-2)30-23(21)26-17(3)25-22/h16,18-19H,4-15H2,1-3H3. The minimum Gasteiger partial charge on any atom is -0.352 e. The molecule has 164 valence electrons. The van der Waals surface area contributed by atoms with Crippen LogP contribution in [-0.2, 0) is 11.2 Å². The molecule has 30 heavy (non-hydrogen) atoms. The third-order valence-electron chi connectivity index (χ3n) is 6.94. The maximum atomic E-state index is 13.1. The van der Waals surface area contributed by atoms with Crippen LogP contribution in [0.5, 0.6) is 0 Å². The number of carbonyl (C=O) groups excluding carboxylic acids is 1. The van der Waals surface area contributed by atoms with Gasteiger partial charge in [0.1, 0.15) is 16.5 Å². The highest BCUT2D eigenvalue weighted by Gasteiger charge is 2.31. The van der Waals surface area contributed by atoms with Crippen LogP contribution in [0.2, 0.25) is 0 Å². The predicted molar refractivity (Wildman–Crippen MR) is 125 cm³/mol. The van der Waals surface area contributed by atoms with E-state index in [9.17, 15) is 4.79 Å². The second kappa shape index (κ2) is 9.63. The van der Waals surface area contributed by atoms with Gasteiger partial charge in [0.25, 0.3) is 0 Å². The molecule has 0 N–H and O–H groups in total. The number of nitrogens with zero attached hydrogens (tertiary/aromatic N) is 4. The van der Waals surface area contributed by atoms with Crippen molar-refractivity contribution in [1.82, 2.24) is 14.9 Å². The van der Waals surface area contributed by atoms with Gasteiger partial charge in [0.15, 0.2) is 0 Å². The third kappa shape index (κ3) is 4.63. The molecule has 1 saturated heterocycles. The van der Waals surface area contributed by atoms with Crippen molar-refractivity contribution in [1.29, 1.82) is 0 Å². The summed E-state index contributed by atoms with van der Waals surface area (Å²) in [4.78, 5) is 29.5. The predicted octanol–water partition coefficient (Wildman–Crippen LogP) is 5.21. The lowest BCUT2D eigenvalue weighted by Crippen LogP contribution is -2.51. The van der Waals surface area contributed by atoms with Crippen LogP contribution in [0.4, 0.5) is 5.82 Å². The number of unbranched alkanes of at least 4 members (excludes halogenated alkanes) is 1. The number of hydrogen-bond donors (Lipinski definition) is 0.